The molecule has 2 rings (SSSR count). The first-order chi connectivity index (χ1) is 11.9. The first-order valence-electron chi connectivity index (χ1n) is 7.29. The van der Waals surface area contributed by atoms with Gasteiger partial charge in [-0.1, -0.05) is 24.0 Å². The molecule has 0 aliphatic carbocycles. The third-order valence-corrected chi connectivity index (χ3v) is 4.82. The van der Waals surface area contributed by atoms with E-state index in [9.17, 15) is 14.7 Å². The van der Waals surface area contributed by atoms with E-state index < -0.39 is 5.97 Å². The number of rotatable bonds is 7. The number of hydrogen-bond donors (Lipinski definition) is 2. The Kier molecular flexibility index (Phi) is 6.27. The number of carbonyl (C=O) groups excluding carboxylic acids is 1. The van der Waals surface area contributed by atoms with Gasteiger partial charge in [0.2, 0.25) is 5.75 Å². The maximum Gasteiger partial charge on any atom is 0.303 e. The molecule has 9 heteroatoms. The monoisotopic (exact) mass is 383 g/mol. The molecule has 0 atom stereocenters. The van der Waals surface area contributed by atoms with Crippen molar-refractivity contribution in [3.8, 4) is 17.2 Å². The van der Waals surface area contributed by atoms with Crippen LogP contribution in [0.1, 0.15) is 18.4 Å². The molecule has 2 N–H and O–H groups in total. The molecule has 1 amide bonds. The van der Waals surface area contributed by atoms with Crippen molar-refractivity contribution in [2.45, 2.75) is 12.8 Å². The van der Waals surface area contributed by atoms with Gasteiger partial charge in [0.15, 0.2) is 11.5 Å². The van der Waals surface area contributed by atoms with Crippen molar-refractivity contribution in [3.05, 3.63) is 22.6 Å². The van der Waals surface area contributed by atoms with E-state index in [2.05, 4.69) is 0 Å². The second-order valence-electron chi connectivity index (χ2n) is 5.10. The van der Waals surface area contributed by atoms with Gasteiger partial charge >= 0.3 is 5.97 Å². The highest BCUT2D eigenvalue weighted by molar-refractivity contribution is 8.26. The van der Waals surface area contributed by atoms with Crippen molar-refractivity contribution >= 4 is 46.3 Å². The predicted molar refractivity (Wildman–Crippen MR) is 98.0 cm³/mol. The number of ether oxygens (including phenoxy) is 2. The number of aliphatic carboxylic acids is 1. The smallest absolute Gasteiger partial charge is 0.303 e. The third-order valence-electron chi connectivity index (χ3n) is 3.45. The van der Waals surface area contributed by atoms with E-state index in [1.807, 2.05) is 0 Å². The maximum atomic E-state index is 12.5. The number of benzene rings is 1. The number of methoxy groups -OCH3 is 2. The molecule has 25 heavy (non-hydrogen) atoms. The molecule has 0 aromatic heterocycles. The summed E-state index contributed by atoms with van der Waals surface area (Å²) in [5.41, 5.74) is 0.609. The van der Waals surface area contributed by atoms with E-state index in [1.165, 1.54) is 19.1 Å². The Hall–Kier alpha value is -2.26. The molecule has 134 valence electrons. The largest absolute Gasteiger partial charge is 0.502 e. The number of thioether (sulfide) groups is 1. The maximum absolute atomic E-state index is 12.5. The fourth-order valence-corrected chi connectivity index (χ4v) is 3.54. The number of hydrogen-bond acceptors (Lipinski definition) is 7. The fraction of sp³-hybridized carbons (Fsp3) is 0.312. The zero-order valence-electron chi connectivity index (χ0n) is 13.6. The Morgan fingerprint density at radius 3 is 2.44 bits per heavy atom. The number of phenols is 1. The van der Waals surface area contributed by atoms with E-state index >= 15 is 0 Å². The first kappa shape index (κ1) is 19.1. The van der Waals surface area contributed by atoms with Crippen LogP contribution in [0, 0.1) is 0 Å². The third kappa shape index (κ3) is 4.43. The molecule has 0 spiro atoms. The van der Waals surface area contributed by atoms with E-state index in [0.29, 0.717) is 21.2 Å². The van der Waals surface area contributed by atoms with E-state index in [4.69, 9.17) is 26.8 Å². The normalized spacial score (nSPS) is 15.8. The molecule has 1 aromatic rings. The van der Waals surface area contributed by atoms with E-state index in [1.54, 1.807) is 18.2 Å². The first-order valence-corrected chi connectivity index (χ1v) is 8.52. The predicted octanol–water partition coefficient (Wildman–Crippen LogP) is 2.48. The summed E-state index contributed by atoms with van der Waals surface area (Å²) in [7, 11) is 2.83. The Morgan fingerprint density at radius 2 is 1.92 bits per heavy atom. The lowest BCUT2D eigenvalue weighted by Gasteiger charge is -2.13. The van der Waals surface area contributed by atoms with Crippen LogP contribution in [0.15, 0.2) is 17.0 Å². The topological polar surface area (TPSA) is 96.3 Å². The lowest BCUT2D eigenvalue weighted by Crippen LogP contribution is -2.29. The number of aromatic hydroxyl groups is 1. The van der Waals surface area contributed by atoms with Crippen molar-refractivity contribution < 1.29 is 29.3 Å². The van der Waals surface area contributed by atoms with Crippen LogP contribution >= 0.6 is 24.0 Å². The van der Waals surface area contributed by atoms with Crippen molar-refractivity contribution in [1.29, 1.82) is 0 Å². The number of amides is 1. The lowest BCUT2D eigenvalue weighted by atomic mass is 10.1. The van der Waals surface area contributed by atoms with Gasteiger partial charge in [-0.05, 0) is 30.2 Å². The molecule has 0 radical (unpaired) electrons. The quantitative estimate of drug-likeness (QED) is 0.548. The molecular weight excluding hydrogens is 366 g/mol. The van der Waals surface area contributed by atoms with Gasteiger partial charge in [-0.2, -0.15) is 0 Å². The van der Waals surface area contributed by atoms with Crippen LogP contribution in [0.5, 0.6) is 17.2 Å². The van der Waals surface area contributed by atoms with E-state index in [0.717, 1.165) is 11.8 Å². The fourth-order valence-electron chi connectivity index (χ4n) is 2.23. The minimum absolute atomic E-state index is 0.0253. The van der Waals surface area contributed by atoms with Crippen LogP contribution in [-0.2, 0) is 9.59 Å². The highest BCUT2D eigenvalue weighted by atomic mass is 32.2. The summed E-state index contributed by atoms with van der Waals surface area (Å²) in [6.07, 6.45) is 1.93. The van der Waals surface area contributed by atoms with Gasteiger partial charge < -0.3 is 19.7 Å². The van der Waals surface area contributed by atoms with Gasteiger partial charge in [0.1, 0.15) is 4.32 Å². The van der Waals surface area contributed by atoms with Gasteiger partial charge in [-0.3, -0.25) is 14.5 Å². The average Bonchev–Trinajstić information content (AvgIpc) is 2.83. The van der Waals surface area contributed by atoms with Gasteiger partial charge in [0.05, 0.1) is 19.1 Å². The summed E-state index contributed by atoms with van der Waals surface area (Å²) in [5, 5.41) is 18.6. The van der Waals surface area contributed by atoms with Crippen LogP contribution in [0.2, 0.25) is 0 Å². The molecule has 1 saturated heterocycles. The highest BCUT2D eigenvalue weighted by Gasteiger charge is 2.31. The SMILES string of the molecule is COc1cc(/C=C2\SC(=S)N(CCCC(=O)O)C2=O)cc(OC)c1O. The molecule has 0 bridgehead atoms. The zero-order chi connectivity index (χ0) is 18.6. The molecule has 7 nitrogen and oxygen atoms in total. The Bertz CT molecular complexity index is 721. The summed E-state index contributed by atoms with van der Waals surface area (Å²) in [4.78, 5) is 24.9. The summed E-state index contributed by atoms with van der Waals surface area (Å²) < 4.78 is 10.6. The number of nitrogens with zero attached hydrogens (tertiary/aromatic N) is 1. The molecule has 0 saturated carbocycles. The molecule has 1 aliphatic heterocycles. The molecule has 1 aliphatic rings. The number of carboxylic acid groups (broad SMARTS) is 1. The van der Waals surface area contributed by atoms with Gasteiger partial charge in [-0.15, -0.1) is 0 Å². The van der Waals surface area contributed by atoms with Crippen LogP contribution in [0.3, 0.4) is 0 Å². The van der Waals surface area contributed by atoms with Crippen LogP contribution in [0.25, 0.3) is 6.08 Å². The van der Waals surface area contributed by atoms with Gasteiger partial charge in [0, 0.05) is 13.0 Å². The minimum Gasteiger partial charge on any atom is -0.502 e. The van der Waals surface area contributed by atoms with Crippen LogP contribution in [0.4, 0.5) is 0 Å². The van der Waals surface area contributed by atoms with Gasteiger partial charge in [-0.25, -0.2) is 0 Å². The molecule has 1 heterocycles. The number of phenolic OH excluding ortho intramolecular Hbond substituents is 1. The average molecular weight is 383 g/mol. The molecule has 1 fully saturated rings. The number of carboxylic acids is 1. The Balaban J connectivity index is 2.23. The van der Waals surface area contributed by atoms with Crippen molar-refractivity contribution in [1.82, 2.24) is 4.90 Å². The second-order valence-corrected chi connectivity index (χ2v) is 6.78. The lowest BCUT2D eigenvalue weighted by molar-refractivity contribution is -0.137. The van der Waals surface area contributed by atoms with Crippen LogP contribution < -0.4 is 9.47 Å². The Labute approximate surface area is 154 Å². The number of thiocarbonyl (C=S) groups is 1. The summed E-state index contributed by atoms with van der Waals surface area (Å²) >= 11 is 6.34. The van der Waals surface area contributed by atoms with Crippen molar-refractivity contribution in [2.24, 2.45) is 0 Å². The summed E-state index contributed by atoms with van der Waals surface area (Å²) in [6, 6.07) is 3.16. The van der Waals surface area contributed by atoms with Gasteiger partial charge in [0.25, 0.3) is 5.91 Å². The molecular formula is C16H17NO6S2. The molecule has 0 unspecified atom stereocenters. The zero-order valence-corrected chi connectivity index (χ0v) is 15.3. The standard InChI is InChI=1S/C16H17NO6S2/c1-22-10-6-9(7-11(23-2)14(10)20)8-12-15(21)17(16(24)25-12)5-3-4-13(18)19/h6-8,20H,3-5H2,1-2H3,(H,18,19)/b12-8-. The van der Waals surface area contributed by atoms with E-state index in [-0.39, 0.29) is 36.1 Å². The van der Waals surface area contributed by atoms with Crippen molar-refractivity contribution in [3.63, 3.8) is 0 Å². The van der Waals surface area contributed by atoms with Crippen LogP contribution in [-0.4, -0.2) is 52.1 Å². The summed E-state index contributed by atoms with van der Waals surface area (Å²) in [6.45, 7) is 0.260. The highest BCUT2D eigenvalue weighted by Crippen LogP contribution is 2.39. The number of carbonyl (C=O) groups is 2. The minimum atomic E-state index is -0.913. The second kappa shape index (κ2) is 8.21. The Morgan fingerprint density at radius 1 is 1.32 bits per heavy atom. The van der Waals surface area contributed by atoms with Crippen molar-refractivity contribution in [2.75, 3.05) is 20.8 Å². The molecule has 1 aromatic carbocycles. The summed E-state index contributed by atoms with van der Waals surface area (Å²) in [5.74, 6) is -0.857.